The number of aryl methyl sites for hydroxylation is 1. The van der Waals surface area contributed by atoms with Gasteiger partial charge < -0.3 is 19.2 Å². The molecule has 3 rings (SSSR count). The largest absolute Gasteiger partial charge is 0.496 e. The molecule has 1 aliphatic rings. The molecule has 1 aromatic carbocycles. The Labute approximate surface area is 146 Å². The van der Waals surface area contributed by atoms with Crippen LogP contribution in [0.2, 0.25) is 0 Å². The number of nitrogens with zero attached hydrogens (tertiary/aromatic N) is 1. The normalized spacial score (nSPS) is 16.9. The standard InChI is InChI=1S/C19H21NO5/c1-12-11-25-16(9-17(21)22)18(12)19(23)20-8-7-13(10-20)14-5-3-4-6-15(14)24-2/h3-6,11,13H,7-10H2,1-2H3,(H,21,22). The number of carbonyl (C=O) groups is 2. The number of rotatable bonds is 5. The molecule has 1 unspecified atom stereocenters. The Morgan fingerprint density at radius 2 is 2.12 bits per heavy atom. The van der Waals surface area contributed by atoms with Gasteiger partial charge in [0, 0.05) is 24.6 Å². The van der Waals surface area contributed by atoms with Gasteiger partial charge in [-0.1, -0.05) is 18.2 Å². The van der Waals surface area contributed by atoms with Crippen molar-refractivity contribution in [2.75, 3.05) is 20.2 Å². The molecule has 132 valence electrons. The third-order valence-electron chi connectivity index (χ3n) is 4.63. The fourth-order valence-corrected chi connectivity index (χ4v) is 3.41. The zero-order valence-corrected chi connectivity index (χ0v) is 14.3. The number of hydrogen-bond donors (Lipinski definition) is 1. The molecule has 6 heteroatoms. The number of aliphatic carboxylic acids is 1. The summed E-state index contributed by atoms with van der Waals surface area (Å²) in [7, 11) is 1.64. The maximum absolute atomic E-state index is 12.9. The summed E-state index contributed by atoms with van der Waals surface area (Å²) in [4.78, 5) is 25.7. The molecule has 1 aromatic heterocycles. The number of carboxylic acids is 1. The second-order valence-corrected chi connectivity index (χ2v) is 6.27. The molecule has 1 fully saturated rings. The highest BCUT2D eigenvalue weighted by molar-refractivity contribution is 5.97. The highest BCUT2D eigenvalue weighted by Crippen LogP contribution is 2.34. The zero-order chi connectivity index (χ0) is 18.0. The van der Waals surface area contributed by atoms with Crippen molar-refractivity contribution in [2.24, 2.45) is 0 Å². The molecular weight excluding hydrogens is 322 g/mol. The summed E-state index contributed by atoms with van der Waals surface area (Å²) in [5.41, 5.74) is 2.14. The van der Waals surface area contributed by atoms with Crippen LogP contribution in [0.25, 0.3) is 0 Å². The molecule has 2 heterocycles. The third kappa shape index (κ3) is 3.38. The Morgan fingerprint density at radius 3 is 2.84 bits per heavy atom. The average Bonchev–Trinajstić information content (AvgIpc) is 3.21. The van der Waals surface area contributed by atoms with Crippen molar-refractivity contribution in [3.05, 3.63) is 53.0 Å². The van der Waals surface area contributed by atoms with Crippen molar-refractivity contribution in [1.82, 2.24) is 4.90 Å². The van der Waals surface area contributed by atoms with Gasteiger partial charge in [-0.2, -0.15) is 0 Å². The molecule has 1 N–H and O–H groups in total. The Morgan fingerprint density at radius 1 is 1.36 bits per heavy atom. The zero-order valence-electron chi connectivity index (χ0n) is 14.3. The number of hydrogen-bond acceptors (Lipinski definition) is 4. The fourth-order valence-electron chi connectivity index (χ4n) is 3.41. The number of para-hydroxylation sites is 1. The number of carbonyl (C=O) groups excluding carboxylic acids is 1. The van der Waals surface area contributed by atoms with E-state index in [9.17, 15) is 9.59 Å². The van der Waals surface area contributed by atoms with Gasteiger partial charge in [-0.3, -0.25) is 9.59 Å². The molecule has 1 atom stereocenters. The summed E-state index contributed by atoms with van der Waals surface area (Å²) < 4.78 is 10.7. The van der Waals surface area contributed by atoms with Crippen LogP contribution in [0.1, 0.15) is 39.6 Å². The van der Waals surface area contributed by atoms with Gasteiger partial charge >= 0.3 is 5.97 Å². The molecule has 1 amide bonds. The van der Waals surface area contributed by atoms with Gasteiger partial charge in [-0.05, 0) is 25.0 Å². The van der Waals surface area contributed by atoms with E-state index in [1.54, 1.807) is 18.9 Å². The average molecular weight is 343 g/mol. The van der Waals surface area contributed by atoms with Crippen LogP contribution in [0, 0.1) is 6.92 Å². The summed E-state index contributed by atoms with van der Waals surface area (Å²) in [6.07, 6.45) is 2.00. The van der Waals surface area contributed by atoms with Crippen molar-refractivity contribution in [3.63, 3.8) is 0 Å². The van der Waals surface area contributed by atoms with E-state index < -0.39 is 5.97 Å². The molecule has 0 spiro atoms. The minimum atomic E-state index is -1.02. The molecule has 1 aliphatic heterocycles. The highest BCUT2D eigenvalue weighted by Gasteiger charge is 2.32. The summed E-state index contributed by atoms with van der Waals surface area (Å²) in [5.74, 6) is 0.0652. The monoisotopic (exact) mass is 343 g/mol. The van der Waals surface area contributed by atoms with Gasteiger partial charge in [0.05, 0.1) is 18.9 Å². The summed E-state index contributed by atoms with van der Waals surface area (Å²) in [6.45, 7) is 2.96. The molecule has 2 aromatic rings. The summed E-state index contributed by atoms with van der Waals surface area (Å²) in [5, 5.41) is 9.00. The summed E-state index contributed by atoms with van der Waals surface area (Å²) in [6, 6.07) is 7.84. The first-order chi connectivity index (χ1) is 12.0. The number of ether oxygens (including phenoxy) is 1. The lowest BCUT2D eigenvalue weighted by molar-refractivity contribution is -0.136. The quantitative estimate of drug-likeness (QED) is 0.903. The Bertz CT molecular complexity index is 795. The van der Waals surface area contributed by atoms with Gasteiger partial charge in [0.15, 0.2) is 0 Å². The molecule has 6 nitrogen and oxygen atoms in total. The van der Waals surface area contributed by atoms with Crippen LogP contribution in [0.15, 0.2) is 34.9 Å². The fraction of sp³-hybridized carbons (Fsp3) is 0.368. The lowest BCUT2D eigenvalue weighted by Crippen LogP contribution is -2.29. The first-order valence-electron chi connectivity index (χ1n) is 8.22. The van der Waals surface area contributed by atoms with Crippen LogP contribution in [-0.4, -0.2) is 42.1 Å². The minimum Gasteiger partial charge on any atom is -0.496 e. The van der Waals surface area contributed by atoms with Crippen LogP contribution in [-0.2, 0) is 11.2 Å². The van der Waals surface area contributed by atoms with Crippen LogP contribution in [0.3, 0.4) is 0 Å². The van der Waals surface area contributed by atoms with E-state index >= 15 is 0 Å². The van der Waals surface area contributed by atoms with E-state index in [1.807, 2.05) is 24.3 Å². The van der Waals surface area contributed by atoms with Gasteiger partial charge in [-0.25, -0.2) is 0 Å². The van der Waals surface area contributed by atoms with Crippen molar-refractivity contribution in [3.8, 4) is 5.75 Å². The first-order valence-corrected chi connectivity index (χ1v) is 8.22. The van der Waals surface area contributed by atoms with E-state index in [1.165, 1.54) is 6.26 Å². The van der Waals surface area contributed by atoms with E-state index in [4.69, 9.17) is 14.3 Å². The van der Waals surface area contributed by atoms with Crippen molar-refractivity contribution >= 4 is 11.9 Å². The number of methoxy groups -OCH3 is 1. The van der Waals surface area contributed by atoms with Crippen LogP contribution < -0.4 is 4.74 Å². The first kappa shape index (κ1) is 17.1. The maximum Gasteiger partial charge on any atom is 0.311 e. The van der Waals surface area contributed by atoms with E-state index in [-0.39, 0.29) is 24.0 Å². The molecule has 0 saturated carbocycles. The van der Waals surface area contributed by atoms with Crippen LogP contribution in [0.4, 0.5) is 0 Å². The van der Waals surface area contributed by atoms with Gasteiger partial charge in [0.2, 0.25) is 0 Å². The van der Waals surface area contributed by atoms with E-state index in [0.717, 1.165) is 17.7 Å². The topological polar surface area (TPSA) is 80.0 Å². The molecule has 1 saturated heterocycles. The molecule has 0 aliphatic carbocycles. The Hall–Kier alpha value is -2.76. The predicted molar refractivity (Wildman–Crippen MR) is 91.0 cm³/mol. The SMILES string of the molecule is COc1ccccc1C1CCN(C(=O)c2c(C)coc2CC(=O)O)C1. The van der Waals surface area contributed by atoms with Crippen molar-refractivity contribution in [2.45, 2.75) is 25.7 Å². The van der Waals surface area contributed by atoms with E-state index in [2.05, 4.69) is 0 Å². The lowest BCUT2D eigenvalue weighted by atomic mass is 9.97. The Kier molecular flexibility index (Phi) is 4.79. The second-order valence-electron chi connectivity index (χ2n) is 6.27. The number of carboxylic acid groups (broad SMARTS) is 1. The van der Waals surface area contributed by atoms with E-state index in [0.29, 0.717) is 24.2 Å². The molecule has 0 radical (unpaired) electrons. The number of likely N-dealkylation sites (tertiary alicyclic amines) is 1. The summed E-state index contributed by atoms with van der Waals surface area (Å²) >= 11 is 0. The number of amides is 1. The number of benzene rings is 1. The molecule has 25 heavy (non-hydrogen) atoms. The minimum absolute atomic E-state index is 0.167. The lowest BCUT2D eigenvalue weighted by Gasteiger charge is -2.18. The van der Waals surface area contributed by atoms with Crippen LogP contribution >= 0.6 is 0 Å². The van der Waals surface area contributed by atoms with Gasteiger partial charge in [0.25, 0.3) is 5.91 Å². The second kappa shape index (κ2) is 7.01. The molecule has 0 bridgehead atoms. The highest BCUT2D eigenvalue weighted by atomic mass is 16.5. The van der Waals surface area contributed by atoms with Crippen molar-refractivity contribution < 1.29 is 23.8 Å². The third-order valence-corrected chi connectivity index (χ3v) is 4.63. The van der Waals surface area contributed by atoms with Gasteiger partial charge in [0.1, 0.15) is 17.9 Å². The predicted octanol–water partition coefficient (Wildman–Crippen LogP) is 2.85. The molecular formula is C19H21NO5. The Balaban J connectivity index is 1.80. The van der Waals surface area contributed by atoms with Gasteiger partial charge in [-0.15, -0.1) is 0 Å². The van der Waals surface area contributed by atoms with Crippen LogP contribution in [0.5, 0.6) is 5.75 Å². The number of furan rings is 1. The smallest absolute Gasteiger partial charge is 0.311 e. The maximum atomic E-state index is 12.9. The van der Waals surface area contributed by atoms with Crippen molar-refractivity contribution in [1.29, 1.82) is 0 Å².